The van der Waals surface area contributed by atoms with Gasteiger partial charge in [-0.2, -0.15) is 5.10 Å². The second-order valence-electron chi connectivity index (χ2n) is 7.72. The molecule has 1 fully saturated rings. The number of rotatable bonds is 4. The number of fused-ring (bicyclic) bond motifs is 1. The molecule has 1 aliphatic rings. The summed E-state index contributed by atoms with van der Waals surface area (Å²) in [5, 5.41) is 4.14. The van der Waals surface area contributed by atoms with Gasteiger partial charge in [0.25, 0.3) is 5.56 Å². The predicted molar refractivity (Wildman–Crippen MR) is 112 cm³/mol. The number of nitrogens with zero attached hydrogens (tertiary/aromatic N) is 5. The van der Waals surface area contributed by atoms with Crippen molar-refractivity contribution in [1.82, 2.24) is 23.7 Å². The third-order valence-corrected chi connectivity index (χ3v) is 5.64. The molecule has 1 saturated heterocycles. The Hall–Kier alpha value is -3.46. The van der Waals surface area contributed by atoms with Crippen LogP contribution in [0.1, 0.15) is 24.6 Å². The summed E-state index contributed by atoms with van der Waals surface area (Å²) < 4.78 is 30.1. The first kappa shape index (κ1) is 19.5. The highest BCUT2D eigenvalue weighted by Crippen LogP contribution is 2.29. The van der Waals surface area contributed by atoms with Gasteiger partial charge in [0.1, 0.15) is 22.8 Å². The highest BCUT2D eigenvalue weighted by Gasteiger charge is 2.22. The summed E-state index contributed by atoms with van der Waals surface area (Å²) >= 11 is 0. The Labute approximate surface area is 177 Å². The van der Waals surface area contributed by atoms with Crippen LogP contribution in [-0.2, 0) is 18.8 Å². The zero-order chi connectivity index (χ0) is 21.5. The monoisotopic (exact) mass is 423 g/mol. The Kier molecular flexibility index (Phi) is 4.82. The van der Waals surface area contributed by atoms with E-state index in [1.54, 1.807) is 50.8 Å². The number of aromatic nitrogens is 5. The van der Waals surface area contributed by atoms with E-state index in [1.165, 1.54) is 15.4 Å². The summed E-state index contributed by atoms with van der Waals surface area (Å²) in [6, 6.07) is 6.93. The van der Waals surface area contributed by atoms with Crippen LogP contribution in [0.15, 0.2) is 47.7 Å². The Bertz CT molecular complexity index is 1300. The molecule has 31 heavy (non-hydrogen) atoms. The molecule has 4 heterocycles. The van der Waals surface area contributed by atoms with Gasteiger partial charge in [-0.05, 0) is 37.1 Å². The third kappa shape index (κ3) is 3.50. The van der Waals surface area contributed by atoms with Gasteiger partial charge >= 0.3 is 0 Å². The van der Waals surface area contributed by atoms with Gasteiger partial charge in [-0.15, -0.1) is 0 Å². The van der Waals surface area contributed by atoms with Crippen molar-refractivity contribution < 1.29 is 13.9 Å². The highest BCUT2D eigenvalue weighted by atomic mass is 19.1. The van der Waals surface area contributed by atoms with E-state index < -0.39 is 0 Å². The largest absolute Gasteiger partial charge is 0.439 e. The number of ether oxygens (including phenoxy) is 2. The number of hydrogen-bond donors (Lipinski definition) is 0. The molecule has 0 radical (unpaired) electrons. The minimum atomic E-state index is -0.384. The van der Waals surface area contributed by atoms with Crippen molar-refractivity contribution in [2.45, 2.75) is 18.8 Å². The van der Waals surface area contributed by atoms with Gasteiger partial charge in [-0.1, -0.05) is 0 Å². The summed E-state index contributed by atoms with van der Waals surface area (Å²) in [5.41, 5.74) is 1.25. The van der Waals surface area contributed by atoms with Crippen LogP contribution in [0.5, 0.6) is 11.6 Å². The van der Waals surface area contributed by atoms with Gasteiger partial charge in [0.05, 0.1) is 18.6 Å². The number of hydrogen-bond acceptors (Lipinski definition) is 5. The average molecular weight is 423 g/mol. The average Bonchev–Trinajstić information content (AvgIpc) is 3.35. The Morgan fingerprint density at radius 1 is 1.13 bits per heavy atom. The lowest BCUT2D eigenvalue weighted by molar-refractivity contribution is 0.0834. The van der Waals surface area contributed by atoms with Crippen LogP contribution >= 0.6 is 0 Å². The fraction of sp³-hybridized carbons (Fsp3) is 0.318. The molecule has 8 nitrogen and oxygen atoms in total. The molecular formula is C22H22FN5O3. The van der Waals surface area contributed by atoms with Gasteiger partial charge < -0.3 is 9.47 Å². The molecule has 0 atom stereocenters. The van der Waals surface area contributed by atoms with Gasteiger partial charge in [-0.25, -0.2) is 9.37 Å². The minimum Gasteiger partial charge on any atom is -0.439 e. The molecule has 0 saturated carbocycles. The lowest BCUT2D eigenvalue weighted by Crippen LogP contribution is -2.22. The Morgan fingerprint density at radius 2 is 1.87 bits per heavy atom. The van der Waals surface area contributed by atoms with Gasteiger partial charge in [0.15, 0.2) is 5.82 Å². The van der Waals surface area contributed by atoms with E-state index in [1.807, 2.05) is 4.40 Å². The SMILES string of the molecule is Cn1cc(F)c(-c2ccc(Oc3cn4c(C5CCOCC5)ncc4c(=O)n3C)cc2)n1. The fourth-order valence-corrected chi connectivity index (χ4v) is 3.95. The first-order valence-corrected chi connectivity index (χ1v) is 10.1. The van der Waals surface area contributed by atoms with Crippen molar-refractivity contribution in [2.75, 3.05) is 13.2 Å². The van der Waals surface area contributed by atoms with E-state index >= 15 is 0 Å². The van der Waals surface area contributed by atoms with Crippen LogP contribution in [0.25, 0.3) is 16.8 Å². The number of benzene rings is 1. The fourth-order valence-electron chi connectivity index (χ4n) is 3.95. The van der Waals surface area contributed by atoms with Crippen molar-refractivity contribution in [3.05, 3.63) is 64.9 Å². The van der Waals surface area contributed by atoms with E-state index in [0.717, 1.165) is 18.7 Å². The van der Waals surface area contributed by atoms with E-state index in [9.17, 15) is 9.18 Å². The van der Waals surface area contributed by atoms with Crippen LogP contribution in [0.2, 0.25) is 0 Å². The van der Waals surface area contributed by atoms with Crippen molar-refractivity contribution in [1.29, 1.82) is 0 Å². The third-order valence-electron chi connectivity index (χ3n) is 5.64. The van der Waals surface area contributed by atoms with Gasteiger partial charge in [0, 0.05) is 38.8 Å². The highest BCUT2D eigenvalue weighted by molar-refractivity contribution is 5.60. The van der Waals surface area contributed by atoms with E-state index in [2.05, 4.69) is 10.1 Å². The zero-order valence-corrected chi connectivity index (χ0v) is 17.3. The predicted octanol–water partition coefficient (Wildman–Crippen LogP) is 3.26. The van der Waals surface area contributed by atoms with Crippen LogP contribution in [0.3, 0.4) is 0 Å². The van der Waals surface area contributed by atoms with Crippen LogP contribution < -0.4 is 10.3 Å². The maximum atomic E-state index is 14.0. The van der Waals surface area contributed by atoms with Crippen molar-refractivity contribution >= 4 is 5.52 Å². The van der Waals surface area contributed by atoms with Crippen LogP contribution in [0, 0.1) is 5.82 Å². The molecule has 0 N–H and O–H groups in total. The lowest BCUT2D eigenvalue weighted by Gasteiger charge is -2.21. The maximum Gasteiger partial charge on any atom is 0.279 e. The summed E-state index contributed by atoms with van der Waals surface area (Å²) in [4.78, 5) is 17.4. The second-order valence-corrected chi connectivity index (χ2v) is 7.72. The van der Waals surface area contributed by atoms with Crippen molar-refractivity contribution in [3.63, 3.8) is 0 Å². The Morgan fingerprint density at radius 3 is 2.55 bits per heavy atom. The molecule has 4 aromatic rings. The van der Waals surface area contributed by atoms with Gasteiger partial charge in [0.2, 0.25) is 5.88 Å². The molecular weight excluding hydrogens is 401 g/mol. The molecule has 1 aromatic carbocycles. The summed E-state index contributed by atoms with van der Waals surface area (Å²) in [7, 11) is 3.34. The molecule has 0 amide bonds. The summed E-state index contributed by atoms with van der Waals surface area (Å²) in [5.74, 6) is 1.62. The molecule has 5 rings (SSSR count). The smallest absolute Gasteiger partial charge is 0.279 e. The first-order valence-electron chi connectivity index (χ1n) is 10.1. The number of halogens is 1. The minimum absolute atomic E-state index is 0.185. The lowest BCUT2D eigenvalue weighted by atomic mass is 10.00. The molecule has 0 aliphatic carbocycles. The first-order chi connectivity index (χ1) is 15.0. The quantitative estimate of drug-likeness (QED) is 0.504. The molecule has 160 valence electrons. The standard InChI is InChI=1S/C22H22FN5O3/c1-26-12-17(23)20(25-26)14-3-5-16(6-4-14)31-19-13-28-18(22(29)27(19)2)11-24-21(28)15-7-9-30-10-8-15/h3-6,11-13,15H,7-10H2,1-2H3. The van der Waals surface area contributed by atoms with Crippen molar-refractivity contribution in [2.24, 2.45) is 14.1 Å². The van der Waals surface area contributed by atoms with E-state index in [0.29, 0.717) is 35.9 Å². The zero-order valence-electron chi connectivity index (χ0n) is 17.3. The van der Waals surface area contributed by atoms with E-state index in [-0.39, 0.29) is 23.0 Å². The van der Waals surface area contributed by atoms with Crippen LogP contribution in [0.4, 0.5) is 4.39 Å². The molecule has 1 aliphatic heterocycles. The van der Waals surface area contributed by atoms with Gasteiger partial charge in [-0.3, -0.25) is 18.4 Å². The molecule has 9 heteroatoms. The van der Waals surface area contributed by atoms with Crippen molar-refractivity contribution in [3.8, 4) is 22.9 Å². The Balaban J connectivity index is 1.48. The number of aryl methyl sites for hydroxylation is 1. The second kappa shape index (κ2) is 7.66. The normalized spacial score (nSPS) is 14.9. The maximum absolute atomic E-state index is 14.0. The summed E-state index contributed by atoms with van der Waals surface area (Å²) in [6.07, 6.45) is 6.48. The molecule has 0 bridgehead atoms. The number of imidazole rings is 1. The van der Waals surface area contributed by atoms with E-state index in [4.69, 9.17) is 9.47 Å². The van der Waals surface area contributed by atoms with Crippen LogP contribution in [-0.4, -0.2) is 36.9 Å². The molecule has 0 spiro atoms. The molecule has 0 unspecified atom stereocenters. The molecule has 3 aromatic heterocycles. The topological polar surface area (TPSA) is 75.6 Å². The summed E-state index contributed by atoms with van der Waals surface area (Å²) in [6.45, 7) is 1.38.